The largest absolute Gasteiger partial charge is 0.477 e. The Morgan fingerprint density at radius 3 is 2.65 bits per heavy atom. The Balaban J connectivity index is 2.04. The predicted molar refractivity (Wildman–Crippen MR) is 74.4 cm³/mol. The van der Waals surface area contributed by atoms with E-state index in [2.05, 4.69) is 9.71 Å². The summed E-state index contributed by atoms with van der Waals surface area (Å²) >= 11 is 0.887. The van der Waals surface area contributed by atoms with Gasteiger partial charge in [0.2, 0.25) is 10.0 Å². The molecule has 0 radical (unpaired) electrons. The van der Waals surface area contributed by atoms with Gasteiger partial charge in [-0.15, -0.1) is 11.3 Å². The topological polar surface area (TPSA) is 96.4 Å². The predicted octanol–water partition coefficient (Wildman–Crippen LogP) is 1.36. The maximum Gasteiger partial charge on any atom is 0.347 e. The molecule has 0 amide bonds. The lowest BCUT2D eigenvalue weighted by Crippen LogP contribution is -2.26. The number of aromatic carboxylic acids is 1. The van der Waals surface area contributed by atoms with Crippen LogP contribution in [0, 0.1) is 0 Å². The Labute approximate surface area is 120 Å². The van der Waals surface area contributed by atoms with Crippen molar-refractivity contribution in [2.24, 2.45) is 0 Å². The summed E-state index contributed by atoms with van der Waals surface area (Å²) in [7, 11) is -3.80. The fourth-order valence-electron chi connectivity index (χ4n) is 1.62. The Bertz CT molecular complexity index is 695. The first-order chi connectivity index (χ1) is 9.50. The van der Waals surface area contributed by atoms with Gasteiger partial charge in [-0.3, -0.25) is 4.98 Å². The summed E-state index contributed by atoms with van der Waals surface area (Å²) in [6.45, 7) is 0.196. The molecular formula is C12H12N2O4S2. The van der Waals surface area contributed by atoms with Crippen LogP contribution in [0.1, 0.15) is 15.2 Å². The third kappa shape index (κ3) is 3.41. The highest BCUT2D eigenvalue weighted by molar-refractivity contribution is 7.89. The van der Waals surface area contributed by atoms with Gasteiger partial charge < -0.3 is 5.11 Å². The van der Waals surface area contributed by atoms with Crippen molar-refractivity contribution in [3.63, 3.8) is 0 Å². The SMILES string of the molecule is O=C(O)c1sccc1S(=O)(=O)NCCc1ccncc1. The molecule has 2 aromatic rings. The van der Waals surface area contributed by atoms with E-state index in [0.29, 0.717) is 6.42 Å². The van der Waals surface area contributed by atoms with Crippen molar-refractivity contribution in [1.29, 1.82) is 0 Å². The molecule has 2 N–H and O–H groups in total. The van der Waals surface area contributed by atoms with Crippen molar-refractivity contribution in [3.05, 3.63) is 46.4 Å². The summed E-state index contributed by atoms with van der Waals surface area (Å²) in [5, 5.41) is 10.4. The van der Waals surface area contributed by atoms with Crippen LogP contribution in [-0.2, 0) is 16.4 Å². The zero-order valence-electron chi connectivity index (χ0n) is 10.3. The van der Waals surface area contributed by atoms with Crippen LogP contribution in [0.3, 0.4) is 0 Å². The van der Waals surface area contributed by atoms with Gasteiger partial charge in [-0.1, -0.05) is 0 Å². The lowest BCUT2D eigenvalue weighted by atomic mass is 10.2. The number of rotatable bonds is 6. The van der Waals surface area contributed by atoms with Crippen molar-refractivity contribution < 1.29 is 18.3 Å². The molecule has 2 aromatic heterocycles. The van der Waals surface area contributed by atoms with Gasteiger partial charge in [-0.25, -0.2) is 17.9 Å². The first-order valence-electron chi connectivity index (χ1n) is 5.70. The van der Waals surface area contributed by atoms with E-state index in [1.165, 1.54) is 11.4 Å². The van der Waals surface area contributed by atoms with Crippen molar-refractivity contribution in [1.82, 2.24) is 9.71 Å². The van der Waals surface area contributed by atoms with E-state index in [9.17, 15) is 13.2 Å². The lowest BCUT2D eigenvalue weighted by Gasteiger charge is -2.06. The first kappa shape index (κ1) is 14.6. The number of nitrogens with one attached hydrogen (secondary N) is 1. The zero-order valence-corrected chi connectivity index (χ0v) is 11.9. The second kappa shape index (κ2) is 6.12. The molecule has 0 atom stereocenters. The number of pyridine rings is 1. The summed E-state index contributed by atoms with van der Waals surface area (Å²) in [6.07, 6.45) is 3.77. The first-order valence-corrected chi connectivity index (χ1v) is 8.06. The number of hydrogen-bond donors (Lipinski definition) is 2. The van der Waals surface area contributed by atoms with Gasteiger partial charge >= 0.3 is 5.97 Å². The average molecular weight is 312 g/mol. The van der Waals surface area contributed by atoms with E-state index >= 15 is 0 Å². The number of aromatic nitrogens is 1. The van der Waals surface area contributed by atoms with E-state index in [1.807, 2.05) is 0 Å². The normalized spacial score (nSPS) is 11.4. The van der Waals surface area contributed by atoms with Crippen LogP contribution in [0.5, 0.6) is 0 Å². The molecule has 0 aliphatic rings. The highest BCUT2D eigenvalue weighted by atomic mass is 32.2. The molecule has 8 heteroatoms. The van der Waals surface area contributed by atoms with Crippen molar-refractivity contribution in [3.8, 4) is 0 Å². The molecular weight excluding hydrogens is 300 g/mol. The minimum Gasteiger partial charge on any atom is -0.477 e. The van der Waals surface area contributed by atoms with Gasteiger partial charge in [0.15, 0.2) is 0 Å². The van der Waals surface area contributed by atoms with Crippen LogP contribution >= 0.6 is 11.3 Å². The van der Waals surface area contributed by atoms with E-state index in [1.54, 1.807) is 24.5 Å². The molecule has 106 valence electrons. The Kier molecular flexibility index (Phi) is 4.48. The highest BCUT2D eigenvalue weighted by Gasteiger charge is 2.23. The number of hydrogen-bond acceptors (Lipinski definition) is 5. The van der Waals surface area contributed by atoms with Gasteiger partial charge in [0.25, 0.3) is 0 Å². The second-order valence-corrected chi connectivity index (χ2v) is 6.57. The molecule has 20 heavy (non-hydrogen) atoms. The van der Waals surface area contributed by atoms with E-state index in [-0.39, 0.29) is 16.3 Å². The van der Waals surface area contributed by atoms with Crippen molar-refractivity contribution in [2.45, 2.75) is 11.3 Å². The molecule has 0 saturated heterocycles. The smallest absolute Gasteiger partial charge is 0.347 e. The molecule has 2 heterocycles. The number of nitrogens with zero attached hydrogens (tertiary/aromatic N) is 1. The Morgan fingerprint density at radius 2 is 2.00 bits per heavy atom. The fraction of sp³-hybridized carbons (Fsp3) is 0.167. The van der Waals surface area contributed by atoms with E-state index in [4.69, 9.17) is 5.11 Å². The number of thiophene rings is 1. The third-order valence-electron chi connectivity index (χ3n) is 2.57. The van der Waals surface area contributed by atoms with Crippen molar-refractivity contribution >= 4 is 27.3 Å². The maximum absolute atomic E-state index is 12.0. The van der Waals surface area contributed by atoms with E-state index < -0.39 is 16.0 Å². The summed E-state index contributed by atoms with van der Waals surface area (Å²) in [6, 6.07) is 4.88. The van der Waals surface area contributed by atoms with Gasteiger partial charge in [-0.2, -0.15) is 0 Å². The quantitative estimate of drug-likeness (QED) is 0.839. The van der Waals surface area contributed by atoms with Crippen LogP contribution in [0.4, 0.5) is 0 Å². The molecule has 0 unspecified atom stereocenters. The highest BCUT2D eigenvalue weighted by Crippen LogP contribution is 2.21. The van der Waals surface area contributed by atoms with Crippen LogP contribution in [0.15, 0.2) is 40.9 Å². The number of carboxylic acid groups (broad SMARTS) is 1. The number of sulfonamides is 1. The Hall–Kier alpha value is -1.77. The third-order valence-corrected chi connectivity index (χ3v) is 5.10. The molecule has 0 aromatic carbocycles. The minimum atomic E-state index is -3.80. The standard InChI is InChI=1S/C12H12N2O4S2/c15-12(16)11-10(4-8-19-11)20(17,18)14-7-3-9-1-5-13-6-2-9/h1-2,4-6,8,14H,3,7H2,(H,15,16). The van der Waals surface area contributed by atoms with Gasteiger partial charge in [0.1, 0.15) is 9.77 Å². The van der Waals surface area contributed by atoms with Crippen LogP contribution in [0.2, 0.25) is 0 Å². The van der Waals surface area contributed by atoms with Gasteiger partial charge in [0.05, 0.1) is 0 Å². The van der Waals surface area contributed by atoms with Gasteiger partial charge in [-0.05, 0) is 35.6 Å². The van der Waals surface area contributed by atoms with Crippen LogP contribution in [0.25, 0.3) is 0 Å². The summed E-state index contributed by atoms with van der Waals surface area (Å²) in [4.78, 5) is 14.4. The Morgan fingerprint density at radius 1 is 1.30 bits per heavy atom. The maximum atomic E-state index is 12.0. The molecule has 0 saturated carbocycles. The molecule has 0 spiro atoms. The average Bonchev–Trinajstić information content (AvgIpc) is 2.90. The fourth-order valence-corrected chi connectivity index (χ4v) is 3.91. The molecule has 0 aliphatic heterocycles. The monoisotopic (exact) mass is 312 g/mol. The van der Waals surface area contributed by atoms with E-state index in [0.717, 1.165) is 16.9 Å². The summed E-state index contributed by atoms with van der Waals surface area (Å²) in [5.41, 5.74) is 0.950. The molecule has 2 rings (SSSR count). The zero-order chi connectivity index (χ0) is 14.6. The molecule has 0 bridgehead atoms. The van der Waals surface area contributed by atoms with Crippen LogP contribution in [-0.4, -0.2) is 31.0 Å². The molecule has 6 nitrogen and oxygen atoms in total. The summed E-state index contributed by atoms with van der Waals surface area (Å²) < 4.78 is 26.5. The van der Waals surface area contributed by atoms with Gasteiger partial charge in [0, 0.05) is 18.9 Å². The van der Waals surface area contributed by atoms with Crippen molar-refractivity contribution in [2.75, 3.05) is 6.54 Å². The minimum absolute atomic E-state index is 0.179. The molecule has 0 fully saturated rings. The number of carboxylic acids is 1. The summed E-state index contributed by atoms with van der Waals surface area (Å²) in [5.74, 6) is -1.24. The van der Waals surface area contributed by atoms with Crippen LogP contribution < -0.4 is 4.72 Å². The second-order valence-electron chi connectivity index (χ2n) is 3.92. The molecule has 0 aliphatic carbocycles. The number of carbonyl (C=O) groups is 1. The lowest BCUT2D eigenvalue weighted by molar-refractivity contribution is 0.0698.